The van der Waals surface area contributed by atoms with Gasteiger partial charge in [0.1, 0.15) is 5.76 Å². The van der Waals surface area contributed by atoms with E-state index in [1.807, 2.05) is 0 Å². The Hall–Kier alpha value is -1.62. The summed E-state index contributed by atoms with van der Waals surface area (Å²) in [4.78, 5) is 26.3. The molecule has 2 heterocycles. The average Bonchev–Trinajstić information content (AvgIpc) is 3.00. The Morgan fingerprint density at radius 2 is 2.00 bits per heavy atom. The second kappa shape index (κ2) is 6.65. The number of hydrogen-bond donors (Lipinski definition) is 1. The van der Waals surface area contributed by atoms with Crippen LogP contribution in [0.25, 0.3) is 0 Å². The van der Waals surface area contributed by atoms with Crippen LogP contribution in [0.3, 0.4) is 0 Å². The molecule has 1 atom stereocenters. The fraction of sp³-hybridized carbons (Fsp3) is 0.647. The minimum absolute atomic E-state index is 0.114. The van der Waals surface area contributed by atoms with Gasteiger partial charge in [0.15, 0.2) is 11.2 Å². The van der Waals surface area contributed by atoms with E-state index in [2.05, 4.69) is 10.2 Å². The standard InChI is InChI=1S/C17H24N2O3/c1-12-9-15(20)10-16(22-12)17(21)18-13-5-4-8-19(11-13)14-6-2-3-7-14/h9-10,13-14H,2-8,11H2,1H3,(H,18,21)/t13-/m1/s1. The maximum Gasteiger partial charge on any atom is 0.287 e. The van der Waals surface area contributed by atoms with E-state index >= 15 is 0 Å². The summed E-state index contributed by atoms with van der Waals surface area (Å²) in [6.07, 6.45) is 7.32. The number of amides is 1. The predicted molar refractivity (Wildman–Crippen MR) is 84.0 cm³/mol. The van der Waals surface area contributed by atoms with Crippen LogP contribution in [0.1, 0.15) is 54.8 Å². The lowest BCUT2D eigenvalue weighted by molar-refractivity contribution is 0.0844. The van der Waals surface area contributed by atoms with E-state index in [1.165, 1.54) is 37.8 Å². The molecule has 0 spiro atoms. The third kappa shape index (κ3) is 3.58. The van der Waals surface area contributed by atoms with Crippen molar-refractivity contribution in [3.05, 3.63) is 33.9 Å². The summed E-state index contributed by atoms with van der Waals surface area (Å²) in [5.41, 5.74) is -0.190. The molecule has 1 saturated carbocycles. The Morgan fingerprint density at radius 1 is 1.23 bits per heavy atom. The van der Waals surface area contributed by atoms with Crippen LogP contribution < -0.4 is 10.7 Å². The maximum atomic E-state index is 12.3. The van der Waals surface area contributed by atoms with Crippen LogP contribution in [0.4, 0.5) is 0 Å². The molecule has 0 bridgehead atoms. The van der Waals surface area contributed by atoms with Crippen LogP contribution in [0.2, 0.25) is 0 Å². The van der Waals surface area contributed by atoms with Crippen LogP contribution in [-0.4, -0.2) is 36.0 Å². The Kier molecular flexibility index (Phi) is 4.62. The first-order chi connectivity index (χ1) is 10.6. The Balaban J connectivity index is 1.62. The fourth-order valence-corrected chi connectivity index (χ4v) is 3.70. The van der Waals surface area contributed by atoms with E-state index < -0.39 is 0 Å². The lowest BCUT2D eigenvalue weighted by Crippen LogP contribution is -2.50. The summed E-state index contributed by atoms with van der Waals surface area (Å²) in [6, 6.07) is 3.49. The van der Waals surface area contributed by atoms with Crippen molar-refractivity contribution in [1.29, 1.82) is 0 Å². The van der Waals surface area contributed by atoms with Crippen molar-refractivity contribution >= 4 is 5.91 Å². The van der Waals surface area contributed by atoms with E-state index in [0.717, 1.165) is 25.9 Å². The monoisotopic (exact) mass is 304 g/mol. The van der Waals surface area contributed by atoms with Crippen molar-refractivity contribution in [2.45, 2.75) is 57.5 Å². The number of nitrogens with zero attached hydrogens (tertiary/aromatic N) is 1. The number of nitrogens with one attached hydrogen (secondary N) is 1. The molecule has 0 radical (unpaired) electrons. The third-order valence-electron chi connectivity index (χ3n) is 4.74. The van der Waals surface area contributed by atoms with Crippen LogP contribution in [-0.2, 0) is 0 Å². The molecule has 5 heteroatoms. The summed E-state index contributed by atoms with van der Waals surface area (Å²) in [5.74, 6) is 0.302. The molecule has 5 nitrogen and oxygen atoms in total. The van der Waals surface area contributed by atoms with Gasteiger partial charge in [-0.1, -0.05) is 12.8 Å². The molecule has 1 aromatic rings. The zero-order valence-corrected chi connectivity index (χ0v) is 13.1. The zero-order chi connectivity index (χ0) is 15.5. The van der Waals surface area contributed by atoms with Gasteiger partial charge in [0.2, 0.25) is 0 Å². The fourth-order valence-electron chi connectivity index (χ4n) is 3.70. The van der Waals surface area contributed by atoms with Crippen molar-refractivity contribution in [1.82, 2.24) is 10.2 Å². The van der Waals surface area contributed by atoms with Gasteiger partial charge < -0.3 is 9.73 Å². The summed E-state index contributed by atoms with van der Waals surface area (Å²) < 4.78 is 5.36. The summed E-state index contributed by atoms with van der Waals surface area (Å²) >= 11 is 0. The van der Waals surface area contributed by atoms with Crippen molar-refractivity contribution < 1.29 is 9.21 Å². The Labute approximate surface area is 130 Å². The van der Waals surface area contributed by atoms with Gasteiger partial charge in [-0.3, -0.25) is 14.5 Å². The van der Waals surface area contributed by atoms with Crippen molar-refractivity contribution in [2.24, 2.45) is 0 Å². The lowest BCUT2D eigenvalue weighted by atomic mass is 10.0. The highest BCUT2D eigenvalue weighted by Gasteiger charge is 2.28. The van der Waals surface area contributed by atoms with E-state index in [0.29, 0.717) is 11.8 Å². The first kappa shape index (κ1) is 15.3. The molecule has 0 aromatic carbocycles. The molecule has 1 aliphatic heterocycles. The number of aryl methyl sites for hydroxylation is 1. The molecule has 0 unspecified atom stereocenters. The molecule has 1 N–H and O–H groups in total. The summed E-state index contributed by atoms with van der Waals surface area (Å²) in [6.45, 7) is 3.73. The highest BCUT2D eigenvalue weighted by molar-refractivity contribution is 5.91. The molecule has 1 saturated heterocycles. The minimum Gasteiger partial charge on any atom is -0.456 e. The van der Waals surface area contributed by atoms with Gasteiger partial charge >= 0.3 is 0 Å². The SMILES string of the molecule is Cc1cc(=O)cc(C(=O)N[C@@H]2CCCN(C3CCCC3)C2)o1. The first-order valence-electron chi connectivity index (χ1n) is 8.28. The maximum absolute atomic E-state index is 12.3. The predicted octanol–water partition coefficient (Wildman–Crippen LogP) is 2.09. The number of carbonyl (C=O) groups excluding carboxylic acids is 1. The molecular weight excluding hydrogens is 280 g/mol. The normalized spacial score (nSPS) is 23.6. The van der Waals surface area contributed by atoms with Gasteiger partial charge in [-0.05, 0) is 39.2 Å². The Morgan fingerprint density at radius 3 is 2.73 bits per heavy atom. The van der Waals surface area contributed by atoms with E-state index in [4.69, 9.17) is 4.42 Å². The van der Waals surface area contributed by atoms with Crippen molar-refractivity contribution in [3.8, 4) is 0 Å². The number of carbonyl (C=O) groups is 1. The summed E-state index contributed by atoms with van der Waals surface area (Å²) in [5, 5.41) is 3.03. The van der Waals surface area contributed by atoms with Crippen molar-refractivity contribution in [2.75, 3.05) is 13.1 Å². The quantitative estimate of drug-likeness (QED) is 0.929. The Bertz CT molecular complexity index is 590. The van der Waals surface area contributed by atoms with Gasteiger partial charge in [0.25, 0.3) is 5.91 Å². The van der Waals surface area contributed by atoms with Gasteiger partial charge in [0, 0.05) is 30.8 Å². The largest absolute Gasteiger partial charge is 0.456 e. The first-order valence-corrected chi connectivity index (χ1v) is 8.28. The van der Waals surface area contributed by atoms with Gasteiger partial charge in [-0.15, -0.1) is 0 Å². The smallest absolute Gasteiger partial charge is 0.287 e. The molecule has 2 fully saturated rings. The van der Waals surface area contributed by atoms with Gasteiger partial charge in [-0.25, -0.2) is 0 Å². The van der Waals surface area contributed by atoms with Crippen molar-refractivity contribution in [3.63, 3.8) is 0 Å². The molecule has 120 valence electrons. The van der Waals surface area contributed by atoms with Gasteiger partial charge in [0.05, 0.1) is 0 Å². The second-order valence-corrected chi connectivity index (χ2v) is 6.51. The average molecular weight is 304 g/mol. The number of piperidine rings is 1. The molecule has 2 aliphatic rings. The molecule has 1 aliphatic carbocycles. The highest BCUT2D eigenvalue weighted by Crippen LogP contribution is 2.26. The van der Waals surface area contributed by atoms with E-state index in [9.17, 15) is 9.59 Å². The lowest BCUT2D eigenvalue weighted by Gasteiger charge is -2.37. The molecule has 3 rings (SSSR count). The zero-order valence-electron chi connectivity index (χ0n) is 13.1. The molecule has 1 amide bonds. The van der Waals surface area contributed by atoms with Crippen LogP contribution in [0.15, 0.2) is 21.3 Å². The van der Waals surface area contributed by atoms with Crippen LogP contribution in [0, 0.1) is 6.92 Å². The van der Waals surface area contributed by atoms with Crippen LogP contribution >= 0.6 is 0 Å². The van der Waals surface area contributed by atoms with E-state index in [1.54, 1.807) is 6.92 Å². The second-order valence-electron chi connectivity index (χ2n) is 6.51. The van der Waals surface area contributed by atoms with Crippen LogP contribution in [0.5, 0.6) is 0 Å². The van der Waals surface area contributed by atoms with E-state index in [-0.39, 0.29) is 23.1 Å². The highest BCUT2D eigenvalue weighted by atomic mass is 16.3. The number of rotatable bonds is 3. The number of hydrogen-bond acceptors (Lipinski definition) is 4. The molecule has 1 aromatic heterocycles. The third-order valence-corrected chi connectivity index (χ3v) is 4.74. The summed E-state index contributed by atoms with van der Waals surface area (Å²) in [7, 11) is 0. The minimum atomic E-state index is -0.279. The molecule has 22 heavy (non-hydrogen) atoms. The van der Waals surface area contributed by atoms with Gasteiger partial charge in [-0.2, -0.15) is 0 Å². The number of likely N-dealkylation sites (tertiary alicyclic amines) is 1. The molecular formula is C17H24N2O3. The topological polar surface area (TPSA) is 62.6 Å².